The molecule has 2 aromatic carbocycles. The minimum atomic E-state index is -0.215. The summed E-state index contributed by atoms with van der Waals surface area (Å²) >= 11 is 0. The number of halogens is 1. The van der Waals surface area contributed by atoms with Gasteiger partial charge >= 0.3 is 0 Å². The number of para-hydroxylation sites is 1. The smallest absolute Gasteiger partial charge is 0.225 e. The van der Waals surface area contributed by atoms with Crippen molar-refractivity contribution < 1.29 is 4.39 Å². The van der Waals surface area contributed by atoms with Crippen molar-refractivity contribution in [1.29, 1.82) is 0 Å². The molecule has 3 rings (SSSR count). The summed E-state index contributed by atoms with van der Waals surface area (Å²) in [5, 5.41) is 7.68. The molecule has 3 aromatic rings. The second kappa shape index (κ2) is 8.58. The zero-order valence-electron chi connectivity index (χ0n) is 15.2. The van der Waals surface area contributed by atoms with Gasteiger partial charge in [0.25, 0.3) is 0 Å². The van der Waals surface area contributed by atoms with Gasteiger partial charge < -0.3 is 15.5 Å². The minimum absolute atomic E-state index is 0.215. The molecule has 6 heteroatoms. The fraction of sp³-hybridized carbons (Fsp3) is 0.300. The van der Waals surface area contributed by atoms with Crippen LogP contribution in [-0.2, 0) is 6.42 Å². The van der Waals surface area contributed by atoms with Crippen molar-refractivity contribution in [2.75, 3.05) is 44.4 Å². The van der Waals surface area contributed by atoms with Crippen LogP contribution in [0.2, 0.25) is 0 Å². The molecule has 26 heavy (non-hydrogen) atoms. The topological polar surface area (TPSA) is 53.1 Å². The quantitative estimate of drug-likeness (QED) is 0.650. The third-order valence-electron chi connectivity index (χ3n) is 4.06. The van der Waals surface area contributed by atoms with E-state index in [9.17, 15) is 4.39 Å². The van der Waals surface area contributed by atoms with Crippen molar-refractivity contribution in [3.63, 3.8) is 0 Å². The van der Waals surface area contributed by atoms with Crippen LogP contribution in [-0.4, -0.2) is 48.6 Å². The van der Waals surface area contributed by atoms with Crippen LogP contribution in [0.3, 0.4) is 0 Å². The number of nitrogens with zero attached hydrogens (tertiary/aromatic N) is 3. The Morgan fingerprint density at radius 2 is 1.69 bits per heavy atom. The van der Waals surface area contributed by atoms with E-state index in [4.69, 9.17) is 0 Å². The van der Waals surface area contributed by atoms with E-state index in [0.717, 1.165) is 41.8 Å². The zero-order chi connectivity index (χ0) is 18.4. The highest BCUT2D eigenvalue weighted by Crippen LogP contribution is 2.21. The molecule has 2 N–H and O–H groups in total. The van der Waals surface area contributed by atoms with Gasteiger partial charge in [-0.25, -0.2) is 9.37 Å². The van der Waals surface area contributed by atoms with Crippen LogP contribution in [0.1, 0.15) is 5.56 Å². The van der Waals surface area contributed by atoms with E-state index in [0.29, 0.717) is 12.5 Å². The number of nitrogens with one attached hydrogen (secondary N) is 2. The first-order valence-electron chi connectivity index (χ1n) is 8.75. The van der Waals surface area contributed by atoms with Crippen molar-refractivity contribution in [1.82, 2.24) is 14.9 Å². The average molecular weight is 353 g/mol. The maximum Gasteiger partial charge on any atom is 0.225 e. The fourth-order valence-electron chi connectivity index (χ4n) is 2.66. The Hall–Kier alpha value is -2.73. The third kappa shape index (κ3) is 4.89. The normalized spacial score (nSPS) is 11.1. The van der Waals surface area contributed by atoms with Crippen molar-refractivity contribution in [3.8, 4) is 0 Å². The SMILES string of the molecule is CN(C)CCNc1nc(NCCc2ccc(F)cc2)nc2ccccc12. The average Bonchev–Trinajstić information content (AvgIpc) is 2.63. The summed E-state index contributed by atoms with van der Waals surface area (Å²) in [7, 11) is 4.09. The van der Waals surface area contributed by atoms with Crippen molar-refractivity contribution in [2.24, 2.45) is 0 Å². The minimum Gasteiger partial charge on any atom is -0.368 e. The predicted octanol–water partition coefficient (Wildman–Crippen LogP) is 3.40. The van der Waals surface area contributed by atoms with Gasteiger partial charge in [0.15, 0.2) is 0 Å². The molecule has 0 radical (unpaired) electrons. The van der Waals surface area contributed by atoms with Crippen molar-refractivity contribution in [2.45, 2.75) is 6.42 Å². The standard InChI is InChI=1S/C20H24FN5/c1-26(2)14-13-22-19-17-5-3-4-6-18(17)24-20(25-19)23-12-11-15-7-9-16(21)10-8-15/h3-10H,11-14H2,1-2H3,(H2,22,23,24,25). The monoisotopic (exact) mass is 353 g/mol. The number of hydrogen-bond donors (Lipinski definition) is 2. The van der Waals surface area contributed by atoms with Gasteiger partial charge in [-0.05, 0) is 50.3 Å². The van der Waals surface area contributed by atoms with Gasteiger partial charge in [-0.1, -0.05) is 24.3 Å². The first-order chi connectivity index (χ1) is 12.6. The van der Waals surface area contributed by atoms with Gasteiger partial charge in [0.05, 0.1) is 5.52 Å². The summed E-state index contributed by atoms with van der Waals surface area (Å²) in [5.74, 6) is 1.22. The van der Waals surface area contributed by atoms with Crippen LogP contribution in [0.5, 0.6) is 0 Å². The van der Waals surface area contributed by atoms with Crippen molar-refractivity contribution >= 4 is 22.7 Å². The molecular formula is C20H24FN5. The lowest BCUT2D eigenvalue weighted by Gasteiger charge is -2.14. The Labute approximate surface area is 153 Å². The summed E-state index contributed by atoms with van der Waals surface area (Å²) in [6.45, 7) is 2.41. The second-order valence-corrected chi connectivity index (χ2v) is 6.45. The molecule has 5 nitrogen and oxygen atoms in total. The third-order valence-corrected chi connectivity index (χ3v) is 4.06. The molecule has 0 amide bonds. The number of fused-ring (bicyclic) bond motifs is 1. The molecule has 0 saturated carbocycles. The second-order valence-electron chi connectivity index (χ2n) is 6.45. The highest BCUT2D eigenvalue weighted by atomic mass is 19.1. The van der Waals surface area contributed by atoms with Gasteiger partial charge in [0, 0.05) is 25.0 Å². The van der Waals surface area contributed by atoms with Crippen LogP contribution in [0, 0.1) is 5.82 Å². The first-order valence-corrected chi connectivity index (χ1v) is 8.75. The summed E-state index contributed by atoms with van der Waals surface area (Å²) in [6.07, 6.45) is 0.778. The maximum absolute atomic E-state index is 13.0. The maximum atomic E-state index is 13.0. The first kappa shape index (κ1) is 18.1. The Morgan fingerprint density at radius 1 is 0.923 bits per heavy atom. The van der Waals surface area contributed by atoms with E-state index < -0.39 is 0 Å². The molecule has 0 fully saturated rings. The van der Waals surface area contributed by atoms with E-state index in [1.807, 2.05) is 38.4 Å². The number of benzene rings is 2. The molecule has 0 bridgehead atoms. The number of rotatable bonds is 8. The molecule has 0 aliphatic rings. The molecule has 136 valence electrons. The van der Waals surface area contributed by atoms with Gasteiger partial charge in [-0.2, -0.15) is 4.98 Å². The van der Waals surface area contributed by atoms with Crippen LogP contribution < -0.4 is 10.6 Å². The molecule has 0 spiro atoms. The molecular weight excluding hydrogens is 329 g/mol. The summed E-state index contributed by atoms with van der Waals surface area (Å²) in [5.41, 5.74) is 1.98. The Kier molecular flexibility index (Phi) is 5.96. The van der Waals surface area contributed by atoms with Crippen molar-refractivity contribution in [3.05, 3.63) is 59.9 Å². The summed E-state index contributed by atoms with van der Waals surface area (Å²) in [6, 6.07) is 14.5. The van der Waals surface area contributed by atoms with Crippen LogP contribution in [0.25, 0.3) is 10.9 Å². The molecule has 1 heterocycles. The van der Waals surface area contributed by atoms with E-state index in [2.05, 4.69) is 25.5 Å². The highest BCUT2D eigenvalue weighted by molar-refractivity contribution is 5.90. The Bertz CT molecular complexity index is 848. The number of hydrogen-bond acceptors (Lipinski definition) is 5. The van der Waals surface area contributed by atoms with E-state index in [-0.39, 0.29) is 5.82 Å². The number of aromatic nitrogens is 2. The predicted molar refractivity (Wildman–Crippen MR) is 105 cm³/mol. The van der Waals surface area contributed by atoms with Crippen LogP contribution >= 0.6 is 0 Å². The van der Waals surface area contributed by atoms with Gasteiger partial charge in [0.1, 0.15) is 11.6 Å². The molecule has 0 saturated heterocycles. The zero-order valence-corrected chi connectivity index (χ0v) is 15.2. The fourth-order valence-corrected chi connectivity index (χ4v) is 2.66. The lowest BCUT2D eigenvalue weighted by molar-refractivity contribution is 0.425. The molecule has 0 atom stereocenters. The van der Waals surface area contributed by atoms with Crippen LogP contribution in [0.4, 0.5) is 16.2 Å². The lowest BCUT2D eigenvalue weighted by atomic mass is 10.1. The molecule has 1 aromatic heterocycles. The van der Waals surface area contributed by atoms with Crippen LogP contribution in [0.15, 0.2) is 48.5 Å². The summed E-state index contributed by atoms with van der Waals surface area (Å²) < 4.78 is 13.0. The molecule has 0 unspecified atom stereocenters. The van der Waals surface area contributed by atoms with E-state index in [1.54, 1.807) is 12.1 Å². The molecule has 0 aliphatic heterocycles. The van der Waals surface area contributed by atoms with E-state index in [1.165, 1.54) is 12.1 Å². The summed E-state index contributed by atoms with van der Waals surface area (Å²) in [4.78, 5) is 11.3. The Morgan fingerprint density at radius 3 is 2.46 bits per heavy atom. The highest BCUT2D eigenvalue weighted by Gasteiger charge is 2.07. The number of likely N-dealkylation sites (N-methyl/N-ethyl adjacent to an activating group) is 1. The van der Waals surface area contributed by atoms with Gasteiger partial charge in [-0.3, -0.25) is 0 Å². The Balaban J connectivity index is 1.70. The lowest BCUT2D eigenvalue weighted by Crippen LogP contribution is -2.21. The molecule has 0 aliphatic carbocycles. The number of anilines is 2. The largest absolute Gasteiger partial charge is 0.368 e. The van der Waals surface area contributed by atoms with Gasteiger partial charge in [-0.15, -0.1) is 0 Å². The van der Waals surface area contributed by atoms with E-state index >= 15 is 0 Å². The van der Waals surface area contributed by atoms with Gasteiger partial charge in [0.2, 0.25) is 5.95 Å².